The van der Waals surface area contributed by atoms with Crippen molar-refractivity contribution in [2.24, 2.45) is 0 Å². The Bertz CT molecular complexity index is 1360. The van der Waals surface area contributed by atoms with Crippen LogP contribution in [0.3, 0.4) is 0 Å². The van der Waals surface area contributed by atoms with Crippen LogP contribution in [0.2, 0.25) is 0 Å². The van der Waals surface area contributed by atoms with Gasteiger partial charge in [0.15, 0.2) is 24.8 Å². The summed E-state index contributed by atoms with van der Waals surface area (Å²) in [5, 5.41) is 4.63. The molecule has 3 amide bonds. The lowest BCUT2D eigenvalue weighted by atomic mass is 10.2. The second kappa shape index (κ2) is 8.13. The number of imide groups is 1. The number of thiazole rings is 1. The number of nitrogens with zero attached hydrogens (tertiary/aromatic N) is 1. The lowest BCUT2D eigenvalue weighted by Crippen LogP contribution is -2.35. The molecule has 1 heterocycles. The highest BCUT2D eigenvalue weighted by atomic mass is 32.2. The van der Waals surface area contributed by atoms with Gasteiger partial charge in [-0.05, 0) is 30.3 Å². The number of hydrogen-bond donors (Lipinski definition) is 2. The van der Waals surface area contributed by atoms with E-state index >= 15 is 0 Å². The normalized spacial score (nSPS) is 11.9. The molecule has 1 aromatic heterocycles. The van der Waals surface area contributed by atoms with E-state index in [1.807, 2.05) is 0 Å². The molecule has 0 bridgehead atoms. The van der Waals surface area contributed by atoms with Gasteiger partial charge in [0, 0.05) is 6.26 Å². The van der Waals surface area contributed by atoms with Gasteiger partial charge in [0.05, 0.1) is 31.3 Å². The molecule has 0 spiro atoms. The van der Waals surface area contributed by atoms with Crippen LogP contribution >= 0.6 is 11.3 Å². The minimum atomic E-state index is -3.65. The highest BCUT2D eigenvalue weighted by molar-refractivity contribution is 7.91. The summed E-state index contributed by atoms with van der Waals surface area (Å²) in [5.41, 5.74) is 0.338. The molecule has 158 valence electrons. The van der Waals surface area contributed by atoms with Crippen molar-refractivity contribution in [1.82, 2.24) is 10.3 Å². The Morgan fingerprint density at radius 1 is 1.07 bits per heavy atom. The molecule has 0 aliphatic rings. The number of amides is 3. The number of rotatable bonds is 5. The third-order valence-corrected chi connectivity index (χ3v) is 7.91. The molecule has 0 atom stereocenters. The topological polar surface area (TPSA) is 139 Å². The van der Waals surface area contributed by atoms with Gasteiger partial charge in [-0.3, -0.25) is 15.4 Å². The van der Waals surface area contributed by atoms with Crippen molar-refractivity contribution >= 4 is 58.3 Å². The van der Waals surface area contributed by atoms with E-state index < -0.39 is 31.6 Å². The highest BCUT2D eigenvalue weighted by Crippen LogP contribution is 2.28. The Kier molecular flexibility index (Phi) is 5.92. The predicted octanol–water partition coefficient (Wildman–Crippen LogP) is 2.46. The van der Waals surface area contributed by atoms with Gasteiger partial charge in [-0.1, -0.05) is 30.4 Å². The highest BCUT2D eigenvalue weighted by Gasteiger charge is 2.22. The first kappa shape index (κ1) is 21.9. The van der Waals surface area contributed by atoms with Gasteiger partial charge in [0.2, 0.25) is 0 Å². The first-order valence-corrected chi connectivity index (χ1v) is 12.9. The van der Waals surface area contributed by atoms with Gasteiger partial charge >= 0.3 is 6.03 Å². The first-order chi connectivity index (χ1) is 14.0. The van der Waals surface area contributed by atoms with Gasteiger partial charge in [-0.15, -0.1) is 0 Å². The van der Waals surface area contributed by atoms with Crippen LogP contribution in [0.15, 0.2) is 52.3 Å². The van der Waals surface area contributed by atoms with Crippen LogP contribution in [0.1, 0.15) is 17.3 Å². The maximum Gasteiger partial charge on any atom is 0.327 e. The molecule has 0 unspecified atom stereocenters. The van der Waals surface area contributed by atoms with E-state index in [0.29, 0.717) is 10.2 Å². The van der Waals surface area contributed by atoms with E-state index in [2.05, 4.69) is 15.6 Å². The standard InChI is InChI=1S/C18H17N3O6S3/c1-3-30(26,27)15-7-5-4-6-12(15)16(22)20-17(23)21-18-19-13-9-8-11(29(2,24)25)10-14(13)28-18/h4-10H,3H2,1-2H3,(H2,19,20,21,22,23). The minimum absolute atomic E-state index is 0.124. The maximum atomic E-state index is 12.4. The van der Waals surface area contributed by atoms with E-state index in [0.717, 1.165) is 17.6 Å². The van der Waals surface area contributed by atoms with Crippen LogP contribution in [0.25, 0.3) is 10.2 Å². The van der Waals surface area contributed by atoms with E-state index in [9.17, 15) is 26.4 Å². The van der Waals surface area contributed by atoms with Crippen LogP contribution in [0, 0.1) is 0 Å². The predicted molar refractivity (Wildman–Crippen MR) is 113 cm³/mol. The summed E-state index contributed by atoms with van der Waals surface area (Å²) >= 11 is 1.04. The van der Waals surface area contributed by atoms with Gasteiger partial charge in [0.25, 0.3) is 5.91 Å². The summed E-state index contributed by atoms with van der Waals surface area (Å²) in [4.78, 5) is 28.8. The van der Waals surface area contributed by atoms with E-state index in [4.69, 9.17) is 0 Å². The summed E-state index contributed by atoms with van der Waals surface area (Å²) in [5.74, 6) is -1.06. The molecule has 0 radical (unpaired) electrons. The molecule has 30 heavy (non-hydrogen) atoms. The number of carbonyl (C=O) groups is 2. The molecule has 0 saturated carbocycles. The van der Waals surface area contributed by atoms with Crippen molar-refractivity contribution in [3.8, 4) is 0 Å². The van der Waals surface area contributed by atoms with E-state index in [1.54, 1.807) is 0 Å². The molecular weight excluding hydrogens is 450 g/mol. The van der Waals surface area contributed by atoms with Gasteiger partial charge in [-0.25, -0.2) is 26.6 Å². The second-order valence-electron chi connectivity index (χ2n) is 6.23. The zero-order chi connectivity index (χ0) is 22.1. The summed E-state index contributed by atoms with van der Waals surface area (Å²) in [6.07, 6.45) is 1.09. The summed E-state index contributed by atoms with van der Waals surface area (Å²) in [7, 11) is -7.04. The second-order valence-corrected chi connectivity index (χ2v) is 11.5. The number of benzene rings is 2. The zero-order valence-corrected chi connectivity index (χ0v) is 18.3. The first-order valence-electron chi connectivity index (χ1n) is 8.56. The van der Waals surface area contributed by atoms with Gasteiger partial charge in [-0.2, -0.15) is 0 Å². The zero-order valence-electron chi connectivity index (χ0n) is 15.9. The quantitative estimate of drug-likeness (QED) is 0.587. The Hall–Kier alpha value is -2.83. The summed E-state index contributed by atoms with van der Waals surface area (Å²) in [6.45, 7) is 1.46. The molecule has 0 aliphatic heterocycles. The van der Waals surface area contributed by atoms with Gasteiger partial charge < -0.3 is 0 Å². The molecule has 3 rings (SSSR count). The molecule has 0 fully saturated rings. The summed E-state index contributed by atoms with van der Waals surface area (Å²) in [6, 6.07) is 9.08. The van der Waals surface area contributed by atoms with Crippen molar-refractivity contribution < 1.29 is 26.4 Å². The fourth-order valence-electron chi connectivity index (χ4n) is 2.57. The molecule has 2 aromatic carbocycles. The molecule has 0 aliphatic carbocycles. The number of fused-ring (bicyclic) bond motifs is 1. The monoisotopic (exact) mass is 467 g/mol. The number of nitrogens with one attached hydrogen (secondary N) is 2. The van der Waals surface area contributed by atoms with E-state index in [1.165, 1.54) is 49.4 Å². The fraction of sp³-hybridized carbons (Fsp3) is 0.167. The van der Waals surface area contributed by atoms with Crippen molar-refractivity contribution in [3.63, 3.8) is 0 Å². The molecular formula is C18H17N3O6S3. The number of anilines is 1. The molecule has 0 saturated heterocycles. The smallest absolute Gasteiger partial charge is 0.283 e. The molecule has 3 aromatic rings. The molecule has 9 nitrogen and oxygen atoms in total. The lowest BCUT2D eigenvalue weighted by molar-refractivity contribution is 0.0964. The Morgan fingerprint density at radius 2 is 1.77 bits per heavy atom. The average molecular weight is 468 g/mol. The SMILES string of the molecule is CCS(=O)(=O)c1ccccc1C(=O)NC(=O)Nc1nc2ccc(S(C)(=O)=O)cc2s1. The van der Waals surface area contributed by atoms with Crippen molar-refractivity contribution in [3.05, 3.63) is 48.0 Å². The molecule has 12 heteroatoms. The Labute approximate surface area is 177 Å². The number of sulfone groups is 2. The van der Waals surface area contributed by atoms with Crippen LogP contribution in [0.5, 0.6) is 0 Å². The van der Waals surface area contributed by atoms with E-state index in [-0.39, 0.29) is 26.2 Å². The van der Waals surface area contributed by atoms with Crippen LogP contribution < -0.4 is 10.6 Å². The maximum absolute atomic E-state index is 12.4. The number of carbonyl (C=O) groups excluding carboxylic acids is 2. The van der Waals surface area contributed by atoms with Crippen LogP contribution in [0.4, 0.5) is 9.93 Å². The Balaban J connectivity index is 1.79. The van der Waals surface area contributed by atoms with Gasteiger partial charge in [0.1, 0.15) is 0 Å². The number of hydrogen-bond acceptors (Lipinski definition) is 8. The van der Waals surface area contributed by atoms with Crippen molar-refractivity contribution in [2.75, 3.05) is 17.3 Å². The minimum Gasteiger partial charge on any atom is -0.283 e. The largest absolute Gasteiger partial charge is 0.327 e. The summed E-state index contributed by atoms with van der Waals surface area (Å²) < 4.78 is 48.2. The third-order valence-electron chi connectivity index (χ3n) is 4.08. The third kappa shape index (κ3) is 4.66. The van der Waals surface area contributed by atoms with Crippen molar-refractivity contribution in [2.45, 2.75) is 16.7 Å². The lowest BCUT2D eigenvalue weighted by Gasteiger charge is -2.09. The Morgan fingerprint density at radius 3 is 2.43 bits per heavy atom. The fourth-order valence-corrected chi connectivity index (χ4v) is 5.28. The average Bonchev–Trinajstić information content (AvgIpc) is 3.08. The number of aromatic nitrogens is 1. The molecule has 2 N–H and O–H groups in total. The number of urea groups is 1. The van der Waals surface area contributed by atoms with Crippen molar-refractivity contribution in [1.29, 1.82) is 0 Å². The van der Waals surface area contributed by atoms with Crippen LogP contribution in [-0.4, -0.2) is 45.8 Å². The van der Waals surface area contributed by atoms with Crippen LogP contribution in [-0.2, 0) is 19.7 Å².